The van der Waals surface area contributed by atoms with E-state index in [0.29, 0.717) is 0 Å². The highest BCUT2D eigenvalue weighted by molar-refractivity contribution is 7.11. The van der Waals surface area contributed by atoms with Crippen molar-refractivity contribution < 1.29 is 0 Å². The van der Waals surface area contributed by atoms with E-state index in [1.807, 2.05) is 0 Å². The summed E-state index contributed by atoms with van der Waals surface area (Å²) in [5.41, 5.74) is 1.52. The number of benzene rings is 1. The van der Waals surface area contributed by atoms with Crippen molar-refractivity contribution in [2.75, 3.05) is 6.54 Å². The topological polar surface area (TPSA) is 37.8 Å². The second-order valence-electron chi connectivity index (χ2n) is 6.11. The van der Waals surface area contributed by atoms with Crippen molar-refractivity contribution in [2.24, 2.45) is 0 Å². The van der Waals surface area contributed by atoms with E-state index >= 15 is 0 Å². The summed E-state index contributed by atoms with van der Waals surface area (Å²) in [5, 5.41) is 14.9. The van der Waals surface area contributed by atoms with Gasteiger partial charge in [-0.1, -0.05) is 68.4 Å². The summed E-state index contributed by atoms with van der Waals surface area (Å²) in [6.07, 6.45) is 5.14. The van der Waals surface area contributed by atoms with Crippen molar-refractivity contribution in [3.05, 3.63) is 45.9 Å². The molecule has 21 heavy (non-hydrogen) atoms. The molecule has 0 spiro atoms. The molecule has 1 fully saturated rings. The summed E-state index contributed by atoms with van der Waals surface area (Å²) in [6.45, 7) is 5.40. The molecule has 0 radical (unpaired) electrons. The molecule has 1 saturated carbocycles. The van der Waals surface area contributed by atoms with Gasteiger partial charge in [0.05, 0.1) is 6.04 Å². The van der Waals surface area contributed by atoms with E-state index in [-0.39, 0.29) is 11.5 Å². The van der Waals surface area contributed by atoms with E-state index in [1.54, 1.807) is 11.3 Å². The normalized spacial score (nSPS) is 18.8. The van der Waals surface area contributed by atoms with Gasteiger partial charge in [-0.3, -0.25) is 0 Å². The van der Waals surface area contributed by atoms with Gasteiger partial charge in [0.2, 0.25) is 0 Å². The van der Waals surface area contributed by atoms with Crippen LogP contribution in [0.1, 0.15) is 61.2 Å². The predicted molar refractivity (Wildman–Crippen MR) is 87.7 cm³/mol. The summed E-state index contributed by atoms with van der Waals surface area (Å²) in [4.78, 5) is 0. The van der Waals surface area contributed by atoms with Crippen LogP contribution in [0.25, 0.3) is 0 Å². The Labute approximate surface area is 130 Å². The molecule has 1 atom stereocenters. The standard InChI is InChI=1S/C17H23N3S/c1-3-18-14(13-9-5-4-6-10-13)15-19-20-16(21-15)17(2)11-7-8-12-17/h4-6,9-10,14,18H,3,7-8,11-12H2,1-2H3. The monoisotopic (exact) mass is 301 g/mol. The Morgan fingerprint density at radius 1 is 1.19 bits per heavy atom. The van der Waals surface area contributed by atoms with Crippen molar-refractivity contribution in [2.45, 2.75) is 51.0 Å². The maximum atomic E-state index is 4.53. The SMILES string of the molecule is CCNC(c1ccccc1)c1nnc(C2(C)CCCC2)s1. The van der Waals surface area contributed by atoms with Gasteiger partial charge in [-0.25, -0.2) is 0 Å². The van der Waals surface area contributed by atoms with Crippen molar-refractivity contribution >= 4 is 11.3 Å². The highest BCUT2D eigenvalue weighted by atomic mass is 32.1. The van der Waals surface area contributed by atoms with E-state index in [9.17, 15) is 0 Å². The van der Waals surface area contributed by atoms with E-state index in [1.165, 1.54) is 36.3 Å². The lowest BCUT2D eigenvalue weighted by atomic mass is 9.90. The van der Waals surface area contributed by atoms with E-state index < -0.39 is 0 Å². The number of rotatable bonds is 5. The fourth-order valence-electron chi connectivity index (χ4n) is 3.16. The van der Waals surface area contributed by atoms with Crippen molar-refractivity contribution in [1.29, 1.82) is 0 Å². The van der Waals surface area contributed by atoms with Crippen LogP contribution in [-0.4, -0.2) is 16.7 Å². The summed E-state index contributed by atoms with van der Waals surface area (Å²) in [5.74, 6) is 0. The Hall–Kier alpha value is -1.26. The Morgan fingerprint density at radius 3 is 2.57 bits per heavy atom. The fraction of sp³-hybridized carbons (Fsp3) is 0.529. The maximum absolute atomic E-state index is 4.53. The van der Waals surface area contributed by atoms with Crippen LogP contribution in [0.15, 0.2) is 30.3 Å². The van der Waals surface area contributed by atoms with Crippen LogP contribution in [0, 0.1) is 0 Å². The highest BCUT2D eigenvalue weighted by Gasteiger charge is 2.34. The molecule has 0 bridgehead atoms. The van der Waals surface area contributed by atoms with Gasteiger partial charge >= 0.3 is 0 Å². The van der Waals surface area contributed by atoms with Crippen LogP contribution in [0.4, 0.5) is 0 Å². The third-order valence-electron chi connectivity index (χ3n) is 4.45. The van der Waals surface area contributed by atoms with Gasteiger partial charge in [0.25, 0.3) is 0 Å². The first kappa shape index (κ1) is 14.7. The molecule has 1 unspecified atom stereocenters. The molecule has 1 N–H and O–H groups in total. The Balaban J connectivity index is 1.89. The number of hydrogen-bond acceptors (Lipinski definition) is 4. The lowest BCUT2D eigenvalue weighted by Gasteiger charge is -2.19. The molecule has 0 aliphatic heterocycles. The summed E-state index contributed by atoms with van der Waals surface area (Å²) in [6, 6.07) is 10.7. The minimum atomic E-state index is 0.160. The number of nitrogens with one attached hydrogen (secondary N) is 1. The molecule has 4 heteroatoms. The maximum Gasteiger partial charge on any atom is 0.139 e. The average Bonchev–Trinajstić information content (AvgIpc) is 3.16. The number of hydrogen-bond donors (Lipinski definition) is 1. The molecule has 112 valence electrons. The highest BCUT2D eigenvalue weighted by Crippen LogP contribution is 2.42. The average molecular weight is 301 g/mol. The van der Waals surface area contributed by atoms with Crippen LogP contribution >= 0.6 is 11.3 Å². The molecule has 3 nitrogen and oxygen atoms in total. The van der Waals surface area contributed by atoms with Crippen LogP contribution in [-0.2, 0) is 5.41 Å². The minimum Gasteiger partial charge on any atom is -0.304 e. The Bertz CT molecular complexity index is 573. The van der Waals surface area contributed by atoms with Crippen LogP contribution < -0.4 is 5.32 Å². The first-order valence-corrected chi connectivity index (χ1v) is 8.67. The van der Waals surface area contributed by atoms with Gasteiger partial charge in [0.15, 0.2) is 0 Å². The van der Waals surface area contributed by atoms with Gasteiger partial charge in [0.1, 0.15) is 10.0 Å². The molecule has 1 aromatic heterocycles. The van der Waals surface area contributed by atoms with Gasteiger partial charge in [-0.15, -0.1) is 10.2 Å². The number of aromatic nitrogens is 2. The molecule has 2 aromatic rings. The largest absolute Gasteiger partial charge is 0.304 e. The summed E-state index contributed by atoms with van der Waals surface area (Å²) in [7, 11) is 0. The molecule has 1 aliphatic rings. The third-order valence-corrected chi connectivity index (χ3v) is 5.75. The summed E-state index contributed by atoms with van der Waals surface area (Å²) >= 11 is 1.79. The van der Waals surface area contributed by atoms with E-state index in [4.69, 9.17) is 0 Å². The Morgan fingerprint density at radius 2 is 1.90 bits per heavy atom. The van der Waals surface area contributed by atoms with Gasteiger partial charge in [-0.2, -0.15) is 0 Å². The zero-order valence-electron chi connectivity index (χ0n) is 12.8. The molecule has 3 rings (SSSR count). The zero-order valence-corrected chi connectivity index (χ0v) is 13.6. The lowest BCUT2D eigenvalue weighted by molar-refractivity contribution is 0.483. The Kier molecular flexibility index (Phi) is 4.36. The smallest absolute Gasteiger partial charge is 0.139 e. The lowest BCUT2D eigenvalue weighted by Crippen LogP contribution is -2.21. The van der Waals surface area contributed by atoms with Crippen LogP contribution in [0.2, 0.25) is 0 Å². The quantitative estimate of drug-likeness (QED) is 0.904. The first-order chi connectivity index (χ1) is 10.2. The van der Waals surface area contributed by atoms with Crippen LogP contribution in [0.3, 0.4) is 0 Å². The second kappa shape index (κ2) is 6.24. The minimum absolute atomic E-state index is 0.160. The second-order valence-corrected chi connectivity index (χ2v) is 7.12. The molecule has 1 aliphatic carbocycles. The molecule has 1 aromatic carbocycles. The van der Waals surface area contributed by atoms with Gasteiger partial charge in [0, 0.05) is 5.41 Å². The van der Waals surface area contributed by atoms with Crippen molar-refractivity contribution in [3.8, 4) is 0 Å². The van der Waals surface area contributed by atoms with Crippen molar-refractivity contribution in [1.82, 2.24) is 15.5 Å². The molecule has 1 heterocycles. The zero-order chi connectivity index (χ0) is 14.7. The molecular formula is C17H23N3S. The van der Waals surface area contributed by atoms with Crippen molar-refractivity contribution in [3.63, 3.8) is 0 Å². The van der Waals surface area contributed by atoms with E-state index in [0.717, 1.165) is 11.6 Å². The van der Waals surface area contributed by atoms with Crippen LogP contribution in [0.5, 0.6) is 0 Å². The molecule has 0 amide bonds. The third kappa shape index (κ3) is 3.01. The predicted octanol–water partition coefficient (Wildman–Crippen LogP) is 4.07. The summed E-state index contributed by atoms with van der Waals surface area (Å²) < 4.78 is 0. The van der Waals surface area contributed by atoms with Gasteiger partial charge in [-0.05, 0) is 24.9 Å². The van der Waals surface area contributed by atoms with Gasteiger partial charge < -0.3 is 5.32 Å². The first-order valence-electron chi connectivity index (χ1n) is 7.85. The molecular weight excluding hydrogens is 278 g/mol. The van der Waals surface area contributed by atoms with E-state index in [2.05, 4.69) is 59.7 Å². The molecule has 0 saturated heterocycles. The fourth-order valence-corrected chi connectivity index (χ4v) is 4.31. The number of nitrogens with zero attached hydrogens (tertiary/aromatic N) is 2.